The second-order valence-electron chi connectivity index (χ2n) is 19.0. The standard InChI is InChI=1S/C49H69N13O9.C2HF3O2/c1-7-53-45(67)37(19-27(2)3)60-48(70)39(22-32-24-52-26-56-32)58-41(64)25-55-49(71)42(28(4)5)62-43(65)29(6)57-47(69)38(21-31-23-54-35-16-12-11-15-33(31)35)61-46(68)36(17-18-40(51)63)59-44(66)34(50)20-30-13-9-8-10-14-30;3-2(4,5)1(6)7/h8-16,23-24,26-29,34,36-39,42,54H,7,17-22,25,50H2,1-6H3,(H2,51,63)(H,52,56)(H,53,67)(H,55,71)(H,57,69)(H,58,64)(H,59,66)(H,60,70)(H,61,68)(H,62,65);(H,6,7)/t29-,34+,36-,37-,38-,39-,42-;/m0./s1. The molecule has 0 saturated heterocycles. The minimum absolute atomic E-state index is 0.00768. The van der Waals surface area contributed by atoms with Crippen LogP contribution < -0.4 is 54.0 Å². The van der Waals surface area contributed by atoms with Crippen LogP contribution in [0.4, 0.5) is 13.2 Å². The molecule has 15 N–H and O–H groups in total. The fourth-order valence-electron chi connectivity index (χ4n) is 7.61. The third kappa shape index (κ3) is 21.7. The van der Waals surface area contributed by atoms with Crippen LogP contribution in [0.2, 0.25) is 0 Å². The normalized spacial score (nSPS) is 13.9. The second-order valence-corrected chi connectivity index (χ2v) is 19.0. The average Bonchev–Trinajstić information content (AvgIpc) is 4.05. The highest BCUT2D eigenvalue weighted by molar-refractivity contribution is 5.98. The number of aromatic amines is 2. The maximum atomic E-state index is 14.1. The number of fused-ring (bicyclic) bond motifs is 1. The molecule has 2 aromatic heterocycles. The van der Waals surface area contributed by atoms with Gasteiger partial charge in [-0.15, -0.1) is 0 Å². The highest BCUT2D eigenvalue weighted by Gasteiger charge is 2.38. The number of rotatable bonds is 28. The molecule has 0 bridgehead atoms. The van der Waals surface area contributed by atoms with Crippen LogP contribution in [0.15, 0.2) is 73.3 Å². The number of aliphatic carboxylic acids is 1. The lowest BCUT2D eigenvalue weighted by atomic mass is 10.0. The Labute approximate surface area is 447 Å². The molecule has 0 aliphatic rings. The number of hydrogen-bond donors (Lipinski definition) is 13. The Morgan fingerprint density at radius 3 is 1.85 bits per heavy atom. The van der Waals surface area contributed by atoms with Crippen LogP contribution in [0.3, 0.4) is 0 Å². The molecule has 0 saturated carbocycles. The zero-order valence-electron chi connectivity index (χ0n) is 44.0. The molecule has 27 heteroatoms. The largest absolute Gasteiger partial charge is 0.490 e. The zero-order valence-corrected chi connectivity index (χ0v) is 44.0. The molecule has 4 aromatic rings. The molecule has 0 unspecified atom stereocenters. The molecule has 9 amide bonds. The third-order valence-corrected chi connectivity index (χ3v) is 11.7. The summed E-state index contributed by atoms with van der Waals surface area (Å²) < 4.78 is 31.7. The molecule has 0 radical (unpaired) electrons. The van der Waals surface area contributed by atoms with E-state index in [9.17, 15) is 56.3 Å². The number of benzene rings is 2. The summed E-state index contributed by atoms with van der Waals surface area (Å²) in [5.74, 6) is -9.45. The van der Waals surface area contributed by atoms with Crippen LogP contribution >= 0.6 is 0 Å². The molecular formula is C51H70F3N13O11. The van der Waals surface area contributed by atoms with Crippen molar-refractivity contribution < 1.29 is 66.2 Å². The van der Waals surface area contributed by atoms with Crippen LogP contribution in [-0.4, -0.2) is 141 Å². The Balaban J connectivity index is 0.00000213. The number of nitrogens with zero attached hydrogens (tertiary/aromatic N) is 1. The monoisotopic (exact) mass is 1100 g/mol. The molecule has 24 nitrogen and oxygen atoms in total. The fourth-order valence-corrected chi connectivity index (χ4v) is 7.61. The van der Waals surface area contributed by atoms with Gasteiger partial charge in [0, 0.05) is 54.8 Å². The number of halogens is 3. The van der Waals surface area contributed by atoms with Crippen LogP contribution in [0, 0.1) is 11.8 Å². The summed E-state index contributed by atoms with van der Waals surface area (Å²) >= 11 is 0. The maximum absolute atomic E-state index is 14.1. The second kappa shape index (κ2) is 31.0. The maximum Gasteiger partial charge on any atom is 0.490 e. The topological polar surface area (TPSA) is 384 Å². The SMILES string of the molecule is CCNC(=O)[C@H](CC(C)C)NC(=O)[C@H](Cc1cnc[nH]1)NC(=O)CNC(=O)[C@@H](NC(=O)[C@H](C)NC(=O)[C@H](Cc1c[nH]c2ccccc12)NC(=O)[C@H](CCC(N)=O)NC(=O)[C@H](N)Cc1ccccc1)C(C)C.O=C(O)C(F)(F)F. The number of aromatic nitrogens is 3. The number of carbonyl (C=O) groups is 10. The summed E-state index contributed by atoms with van der Waals surface area (Å²) in [6.45, 7) is 10.0. The molecule has 2 heterocycles. The van der Waals surface area contributed by atoms with Gasteiger partial charge in [0.05, 0.1) is 18.9 Å². The first-order valence-electron chi connectivity index (χ1n) is 25.0. The van der Waals surface area contributed by atoms with Crippen molar-refractivity contribution in [3.63, 3.8) is 0 Å². The predicted octanol–water partition coefficient (Wildman–Crippen LogP) is 0.0281. The quantitative estimate of drug-likeness (QED) is 0.0358. The van der Waals surface area contributed by atoms with Crippen molar-refractivity contribution in [3.05, 3.63) is 90.1 Å². The molecule has 7 atom stereocenters. The van der Waals surface area contributed by atoms with Gasteiger partial charge in [-0.1, -0.05) is 76.2 Å². The first-order valence-corrected chi connectivity index (χ1v) is 25.0. The summed E-state index contributed by atoms with van der Waals surface area (Å²) in [4.78, 5) is 139. The number of hydrogen-bond acceptors (Lipinski definition) is 12. The Hall–Kier alpha value is -8.36. The number of amides is 9. The summed E-state index contributed by atoms with van der Waals surface area (Å²) in [5, 5.41) is 29.0. The van der Waals surface area contributed by atoms with Gasteiger partial charge in [-0.05, 0) is 62.1 Å². The van der Waals surface area contributed by atoms with Gasteiger partial charge >= 0.3 is 12.1 Å². The van der Waals surface area contributed by atoms with Crippen LogP contribution in [0.5, 0.6) is 0 Å². The van der Waals surface area contributed by atoms with Crippen molar-refractivity contribution in [1.82, 2.24) is 57.5 Å². The molecule has 0 aliphatic heterocycles. The van der Waals surface area contributed by atoms with Crippen LogP contribution in [0.25, 0.3) is 10.9 Å². The molecule has 426 valence electrons. The van der Waals surface area contributed by atoms with Gasteiger partial charge in [0.15, 0.2) is 0 Å². The Morgan fingerprint density at radius 2 is 1.26 bits per heavy atom. The number of primary amides is 1. The van der Waals surface area contributed by atoms with Crippen molar-refractivity contribution in [2.24, 2.45) is 23.3 Å². The average molecular weight is 1100 g/mol. The molecule has 4 rings (SSSR count). The van der Waals surface area contributed by atoms with Gasteiger partial charge < -0.3 is 69.1 Å². The lowest BCUT2D eigenvalue weighted by molar-refractivity contribution is -0.192. The van der Waals surface area contributed by atoms with Gasteiger partial charge in [-0.25, -0.2) is 9.78 Å². The number of carbonyl (C=O) groups excluding carboxylic acids is 9. The summed E-state index contributed by atoms with van der Waals surface area (Å²) in [6.07, 6.45) is -0.558. The number of H-pyrrole nitrogens is 2. The minimum Gasteiger partial charge on any atom is -0.475 e. The molecule has 78 heavy (non-hydrogen) atoms. The van der Waals surface area contributed by atoms with Gasteiger partial charge in [0.1, 0.15) is 36.3 Å². The number of nitrogens with two attached hydrogens (primary N) is 2. The van der Waals surface area contributed by atoms with E-state index >= 15 is 0 Å². The van der Waals surface area contributed by atoms with Crippen molar-refractivity contribution in [3.8, 4) is 0 Å². The van der Waals surface area contributed by atoms with Gasteiger partial charge in [-0.2, -0.15) is 13.2 Å². The first kappa shape index (κ1) is 63.9. The Morgan fingerprint density at radius 1 is 0.667 bits per heavy atom. The van der Waals surface area contributed by atoms with Crippen molar-refractivity contribution in [2.45, 2.75) is 129 Å². The van der Waals surface area contributed by atoms with E-state index in [2.05, 4.69) is 57.5 Å². The number of para-hydroxylation sites is 1. The first-order chi connectivity index (χ1) is 36.7. The molecular weight excluding hydrogens is 1030 g/mol. The number of carboxylic acids is 1. The number of nitrogens with one attached hydrogen (secondary N) is 10. The van der Waals surface area contributed by atoms with E-state index in [0.29, 0.717) is 24.2 Å². The van der Waals surface area contributed by atoms with E-state index in [-0.39, 0.29) is 43.9 Å². The molecule has 0 fully saturated rings. The van der Waals surface area contributed by atoms with Crippen molar-refractivity contribution in [2.75, 3.05) is 13.1 Å². The Bertz CT molecular complexity index is 2670. The Kier molecular flexibility index (Phi) is 25.4. The van der Waals surface area contributed by atoms with Crippen molar-refractivity contribution >= 4 is 70.0 Å². The molecule has 2 aromatic carbocycles. The van der Waals surface area contributed by atoms with E-state index in [1.165, 1.54) is 19.4 Å². The lowest BCUT2D eigenvalue weighted by Gasteiger charge is -2.26. The van der Waals surface area contributed by atoms with Gasteiger partial charge in [0.25, 0.3) is 0 Å². The highest BCUT2D eigenvalue weighted by atomic mass is 19.4. The molecule has 0 aliphatic carbocycles. The van der Waals surface area contributed by atoms with E-state index < -0.39 is 114 Å². The lowest BCUT2D eigenvalue weighted by Crippen LogP contribution is -2.59. The number of likely N-dealkylation sites (N-methyl/N-ethyl adjacent to an activating group) is 1. The summed E-state index contributed by atoms with van der Waals surface area (Å²) in [7, 11) is 0. The summed E-state index contributed by atoms with van der Waals surface area (Å²) in [5.41, 5.74) is 14.3. The molecule has 0 spiro atoms. The fraction of sp³-hybridized carbons (Fsp3) is 0.471. The van der Waals surface area contributed by atoms with E-state index in [1.54, 1.807) is 57.3 Å². The zero-order chi connectivity index (χ0) is 58.3. The number of carboxylic acid groups (broad SMARTS) is 1. The van der Waals surface area contributed by atoms with Gasteiger partial charge in [-0.3, -0.25) is 43.2 Å². The highest BCUT2D eigenvalue weighted by Crippen LogP contribution is 2.20. The van der Waals surface area contributed by atoms with E-state index in [0.717, 1.165) is 16.5 Å². The van der Waals surface area contributed by atoms with Crippen molar-refractivity contribution in [1.29, 1.82) is 0 Å². The van der Waals surface area contributed by atoms with E-state index in [1.807, 2.05) is 38.1 Å². The van der Waals surface area contributed by atoms with Crippen LogP contribution in [-0.2, 0) is 67.2 Å². The van der Waals surface area contributed by atoms with Crippen LogP contribution in [0.1, 0.15) is 77.6 Å². The third-order valence-electron chi connectivity index (χ3n) is 11.7. The van der Waals surface area contributed by atoms with E-state index in [4.69, 9.17) is 21.4 Å². The number of imidazole rings is 1. The van der Waals surface area contributed by atoms with Gasteiger partial charge in [0.2, 0.25) is 53.2 Å². The number of alkyl halides is 3. The smallest absolute Gasteiger partial charge is 0.475 e. The summed E-state index contributed by atoms with van der Waals surface area (Å²) in [6, 6.07) is 8.08. The minimum atomic E-state index is -5.08. The predicted molar refractivity (Wildman–Crippen MR) is 278 cm³/mol.